The molecule has 0 amide bonds. The van der Waals surface area contributed by atoms with Crippen LogP contribution in [0.3, 0.4) is 0 Å². The first-order chi connectivity index (χ1) is 1.00. The monoisotopic (exact) mass is 138 g/mol. The van der Waals surface area contributed by atoms with Gasteiger partial charge in [-0.25, -0.2) is 0 Å². The molecule has 0 aliphatic carbocycles. The van der Waals surface area contributed by atoms with Gasteiger partial charge in [-0.05, 0) is 0 Å². The second-order valence-electron chi connectivity index (χ2n) is 0. The van der Waals surface area contributed by atoms with Crippen molar-refractivity contribution < 1.29 is 20.6 Å². The maximum atomic E-state index is 8.17. The van der Waals surface area contributed by atoms with Crippen molar-refractivity contribution in [3.63, 3.8) is 0 Å². The molecule has 0 aromatic heterocycles. The molecular formula is HAlClCoO. The van der Waals surface area contributed by atoms with Crippen molar-refractivity contribution in [1.29, 1.82) is 0 Å². The predicted octanol–water partition coefficient (Wildman–Crippen LogP) is -0.0803. The van der Waals surface area contributed by atoms with E-state index in [0.29, 0.717) is 0 Å². The molecule has 4 heavy (non-hydrogen) atoms. The normalized spacial score (nSPS) is 0.750. The van der Waals surface area contributed by atoms with E-state index in [2.05, 4.69) is 0 Å². The Bertz CT molecular complexity index is 8.00. The molecule has 0 N–H and O–H groups in total. The summed E-state index contributed by atoms with van der Waals surface area (Å²) in [6.07, 6.45) is 0. The summed E-state index contributed by atoms with van der Waals surface area (Å²) in [5, 5.41) is 0. The van der Waals surface area contributed by atoms with Crippen LogP contribution in [0.5, 0.6) is 0 Å². The molecule has 0 rings (SSSR count). The summed E-state index contributed by atoms with van der Waals surface area (Å²) in [5.74, 6) is 0. The van der Waals surface area contributed by atoms with E-state index in [1.807, 2.05) is 0 Å². The van der Waals surface area contributed by atoms with Gasteiger partial charge in [-0.15, -0.1) is 12.4 Å². The maximum absolute atomic E-state index is 8.17. The molecule has 0 spiro atoms. The van der Waals surface area contributed by atoms with Gasteiger partial charge in [0.15, 0.2) is 0 Å². The second kappa shape index (κ2) is 31.7. The van der Waals surface area contributed by atoms with Crippen molar-refractivity contribution in [1.82, 2.24) is 0 Å². The van der Waals surface area contributed by atoms with Crippen molar-refractivity contribution in [2.75, 3.05) is 0 Å². The molecular weight excluding hydrogens is 137 g/mol. The van der Waals surface area contributed by atoms with Gasteiger partial charge in [0.2, 0.25) is 0 Å². The Morgan fingerprint density at radius 1 is 1.25 bits per heavy atom. The summed E-state index contributed by atoms with van der Waals surface area (Å²) in [5.41, 5.74) is 0. The quantitative estimate of drug-likeness (QED) is 0.428. The van der Waals surface area contributed by atoms with Crippen LogP contribution in [0, 0.1) is 0 Å². The van der Waals surface area contributed by atoms with E-state index in [1.54, 1.807) is 0 Å². The standard InChI is InChI=1S/Al.ClH.Co.O/h;1H;;. The molecule has 0 atom stereocenters. The molecule has 0 aliphatic rings. The van der Waals surface area contributed by atoms with Crippen LogP contribution in [0.15, 0.2) is 0 Å². The van der Waals surface area contributed by atoms with Crippen LogP contribution in [0.25, 0.3) is 0 Å². The summed E-state index contributed by atoms with van der Waals surface area (Å²) in [7, 11) is 0. The van der Waals surface area contributed by atoms with E-state index in [0.717, 1.165) is 0 Å². The van der Waals surface area contributed by atoms with E-state index in [9.17, 15) is 0 Å². The topological polar surface area (TPSA) is 17.1 Å². The Kier molecular flexibility index (Phi) is 153. The number of hydrogen-bond donors (Lipinski definition) is 0. The number of hydrogen-bond acceptors (Lipinski definition) is 1. The van der Waals surface area contributed by atoms with Crippen LogP contribution in [0.2, 0.25) is 0 Å². The number of rotatable bonds is 0. The van der Waals surface area contributed by atoms with Crippen LogP contribution in [0.1, 0.15) is 0 Å². The van der Waals surface area contributed by atoms with Crippen LogP contribution in [-0.4, -0.2) is 16.2 Å². The van der Waals surface area contributed by atoms with Crippen molar-refractivity contribution in [3.05, 3.63) is 0 Å². The predicted molar refractivity (Wildman–Crippen MR) is 13.7 cm³/mol. The Hall–Kier alpha value is 1.13. The molecule has 0 aromatic carbocycles. The summed E-state index contributed by atoms with van der Waals surface area (Å²) < 4.78 is 8.17. The van der Waals surface area contributed by atoms with Crippen molar-refractivity contribution >= 4 is 28.6 Å². The van der Waals surface area contributed by atoms with Crippen LogP contribution in [-0.2, 0) is 20.6 Å². The average molecular weight is 138 g/mol. The van der Waals surface area contributed by atoms with Crippen LogP contribution >= 0.6 is 12.4 Å². The minimum absolute atomic E-state index is 0. The van der Waals surface area contributed by atoms with Crippen molar-refractivity contribution in [2.24, 2.45) is 0 Å². The van der Waals surface area contributed by atoms with E-state index in [1.165, 1.54) is 16.2 Å². The van der Waals surface area contributed by atoms with E-state index < -0.39 is 0 Å². The Balaban J connectivity index is -0.00000000500. The summed E-state index contributed by atoms with van der Waals surface area (Å²) in [6, 6.07) is 0. The van der Waals surface area contributed by atoms with Gasteiger partial charge in [-0.1, -0.05) is 0 Å². The molecule has 0 fully saturated rings. The Labute approximate surface area is 49.4 Å². The van der Waals surface area contributed by atoms with Gasteiger partial charge in [0.25, 0.3) is 0 Å². The van der Waals surface area contributed by atoms with Gasteiger partial charge in [0.05, 0.1) is 0 Å². The molecule has 1 nitrogen and oxygen atoms in total. The van der Waals surface area contributed by atoms with Crippen LogP contribution < -0.4 is 0 Å². The summed E-state index contributed by atoms with van der Waals surface area (Å²) in [6.45, 7) is 0. The molecule has 26 valence electrons. The fourth-order valence-corrected chi connectivity index (χ4v) is 0. The third-order valence-corrected chi connectivity index (χ3v) is 0. The van der Waals surface area contributed by atoms with Gasteiger partial charge in [0.1, 0.15) is 0 Å². The molecule has 0 bridgehead atoms. The second-order valence-corrected chi connectivity index (χ2v) is 0. The van der Waals surface area contributed by atoms with Gasteiger partial charge in [0, 0.05) is 16.8 Å². The molecule has 0 aliphatic heterocycles. The van der Waals surface area contributed by atoms with Crippen molar-refractivity contribution in [2.45, 2.75) is 0 Å². The molecule has 2 radical (unpaired) electrons. The van der Waals surface area contributed by atoms with Gasteiger partial charge in [-0.3, -0.25) is 0 Å². The third-order valence-electron chi connectivity index (χ3n) is 0. The Morgan fingerprint density at radius 3 is 1.25 bits per heavy atom. The first-order valence-electron chi connectivity index (χ1n) is 0.236. The van der Waals surface area contributed by atoms with E-state index >= 15 is 0 Å². The average Bonchev–Trinajstić information content (AvgIpc) is 1.00. The fraction of sp³-hybridized carbons (Fsp3) is 0. The Morgan fingerprint density at radius 2 is 1.25 bits per heavy atom. The zero-order valence-corrected chi connectivity index (χ0v) is 4.74. The molecule has 0 saturated heterocycles. The molecule has 0 saturated carbocycles. The van der Waals surface area contributed by atoms with Gasteiger partial charge < -0.3 is 0 Å². The van der Waals surface area contributed by atoms with Crippen LogP contribution in [0.4, 0.5) is 0 Å². The first-order valence-corrected chi connectivity index (χ1v) is 0.707. The minimum atomic E-state index is 0. The zero-order chi connectivity index (χ0) is 2.00. The molecule has 0 heterocycles. The van der Waals surface area contributed by atoms with Crippen molar-refractivity contribution in [3.8, 4) is 0 Å². The van der Waals surface area contributed by atoms with E-state index in [-0.39, 0.29) is 29.2 Å². The first kappa shape index (κ1) is 19.3. The number of halogens is 1. The third kappa shape index (κ3) is 11.1. The molecule has 0 unspecified atom stereocenters. The summed E-state index contributed by atoms with van der Waals surface area (Å²) in [4.78, 5) is 0. The van der Waals surface area contributed by atoms with E-state index in [4.69, 9.17) is 3.80 Å². The fourth-order valence-electron chi connectivity index (χ4n) is 0. The van der Waals surface area contributed by atoms with Gasteiger partial charge >= 0.3 is 20.0 Å². The van der Waals surface area contributed by atoms with Gasteiger partial charge in [-0.2, -0.15) is 0 Å². The zero-order valence-electron chi connectivity index (χ0n) is 1.73. The molecule has 0 aromatic rings. The SMILES string of the molecule is Cl.[Co].[O]=[Al]. The molecule has 4 heteroatoms. The summed E-state index contributed by atoms with van der Waals surface area (Å²) >= 11 is 1.17.